The minimum Gasteiger partial charge on any atom is -0.494 e. The number of methoxy groups -OCH3 is 1. The lowest BCUT2D eigenvalue weighted by Gasteiger charge is -2.08. The summed E-state index contributed by atoms with van der Waals surface area (Å²) in [5.74, 6) is -0.150. The highest BCUT2D eigenvalue weighted by Crippen LogP contribution is 2.26. The first-order chi connectivity index (χ1) is 10.6. The van der Waals surface area contributed by atoms with Crippen molar-refractivity contribution in [2.24, 2.45) is 0 Å². The Morgan fingerprint density at radius 1 is 1.18 bits per heavy atom. The largest absolute Gasteiger partial charge is 0.494 e. The maximum atomic E-state index is 13.8. The van der Waals surface area contributed by atoms with Crippen LogP contribution in [0.2, 0.25) is 5.15 Å². The summed E-state index contributed by atoms with van der Waals surface area (Å²) in [5, 5.41) is 1.42. The third kappa shape index (κ3) is 3.08. The molecule has 22 heavy (non-hydrogen) atoms. The maximum Gasteiger partial charge on any atom is 0.165 e. The minimum absolute atomic E-state index is 0.232. The Kier molecular flexibility index (Phi) is 4.32. The molecule has 0 fully saturated rings. The van der Waals surface area contributed by atoms with Crippen LogP contribution in [0.5, 0.6) is 5.75 Å². The van der Waals surface area contributed by atoms with E-state index in [0.717, 1.165) is 26.5 Å². The van der Waals surface area contributed by atoms with E-state index in [1.165, 1.54) is 13.2 Å². The van der Waals surface area contributed by atoms with Crippen molar-refractivity contribution in [2.75, 3.05) is 7.11 Å². The molecule has 1 heterocycles. The van der Waals surface area contributed by atoms with E-state index in [9.17, 15) is 4.39 Å². The van der Waals surface area contributed by atoms with Crippen molar-refractivity contribution in [3.63, 3.8) is 0 Å². The van der Waals surface area contributed by atoms with Crippen molar-refractivity contribution in [1.29, 1.82) is 0 Å². The highest BCUT2D eigenvalue weighted by molar-refractivity contribution is 9.10. The molecule has 0 saturated carbocycles. The third-order valence-corrected chi connectivity index (χ3v) is 4.23. The summed E-state index contributed by atoms with van der Waals surface area (Å²) in [7, 11) is 1.44. The van der Waals surface area contributed by atoms with E-state index < -0.39 is 0 Å². The second kappa shape index (κ2) is 6.23. The highest BCUT2D eigenvalue weighted by atomic mass is 79.9. The van der Waals surface area contributed by atoms with Crippen LogP contribution in [0.4, 0.5) is 4.39 Å². The van der Waals surface area contributed by atoms with Gasteiger partial charge in [-0.1, -0.05) is 33.6 Å². The van der Waals surface area contributed by atoms with Crippen molar-refractivity contribution in [1.82, 2.24) is 4.98 Å². The number of hydrogen-bond donors (Lipinski definition) is 0. The maximum absolute atomic E-state index is 13.8. The van der Waals surface area contributed by atoms with Crippen LogP contribution in [0, 0.1) is 5.82 Å². The summed E-state index contributed by atoms with van der Waals surface area (Å²) in [6.45, 7) is 0. The van der Waals surface area contributed by atoms with Gasteiger partial charge in [0, 0.05) is 16.3 Å². The van der Waals surface area contributed by atoms with E-state index in [1.54, 1.807) is 6.07 Å². The predicted octanol–water partition coefficient (Wildman–Crippen LogP) is 5.39. The first kappa shape index (κ1) is 15.3. The van der Waals surface area contributed by atoms with Crippen molar-refractivity contribution in [2.45, 2.75) is 6.42 Å². The summed E-state index contributed by atoms with van der Waals surface area (Å²) in [6, 6.07) is 12.7. The Hall–Kier alpha value is -1.65. The lowest BCUT2D eigenvalue weighted by atomic mass is 10.0. The Morgan fingerprint density at radius 2 is 2.00 bits per heavy atom. The Labute approximate surface area is 141 Å². The number of fused-ring (bicyclic) bond motifs is 1. The number of aromatic nitrogens is 1. The molecule has 1 aromatic heterocycles. The molecule has 0 aliphatic heterocycles. The predicted molar refractivity (Wildman–Crippen MR) is 90.2 cm³/mol. The zero-order valence-electron chi connectivity index (χ0n) is 11.7. The van der Waals surface area contributed by atoms with Gasteiger partial charge in [0.05, 0.1) is 12.6 Å². The van der Waals surface area contributed by atoms with Crippen LogP contribution in [0.15, 0.2) is 46.9 Å². The van der Waals surface area contributed by atoms with Gasteiger partial charge in [0.1, 0.15) is 5.15 Å². The standard InChI is InChI=1S/C17H12BrClFNO/c1-22-16-5-2-10(7-14(16)20)6-12-8-11-9-13(18)3-4-15(11)21-17(12)19/h2-5,7-9H,6H2,1H3. The molecule has 0 bridgehead atoms. The zero-order chi connectivity index (χ0) is 15.7. The molecule has 0 N–H and O–H groups in total. The summed E-state index contributed by atoms with van der Waals surface area (Å²) in [6.07, 6.45) is 0.509. The van der Waals surface area contributed by atoms with Crippen LogP contribution in [0.25, 0.3) is 10.9 Å². The lowest BCUT2D eigenvalue weighted by Crippen LogP contribution is -1.95. The van der Waals surface area contributed by atoms with Crippen molar-refractivity contribution in [3.05, 3.63) is 69.0 Å². The normalized spacial score (nSPS) is 10.9. The fourth-order valence-electron chi connectivity index (χ4n) is 2.33. The molecule has 112 valence electrons. The Morgan fingerprint density at radius 3 is 2.73 bits per heavy atom. The second-order valence-electron chi connectivity index (χ2n) is 4.92. The first-order valence-corrected chi connectivity index (χ1v) is 7.81. The Balaban J connectivity index is 1.99. The van der Waals surface area contributed by atoms with Gasteiger partial charge in [-0.3, -0.25) is 0 Å². The number of hydrogen-bond acceptors (Lipinski definition) is 2. The summed E-state index contributed by atoms with van der Waals surface area (Å²) in [4.78, 5) is 4.40. The summed E-state index contributed by atoms with van der Waals surface area (Å²) in [5.41, 5.74) is 2.51. The molecule has 0 spiro atoms. The van der Waals surface area contributed by atoms with E-state index in [2.05, 4.69) is 20.9 Å². The van der Waals surface area contributed by atoms with E-state index in [4.69, 9.17) is 16.3 Å². The molecule has 2 aromatic carbocycles. The van der Waals surface area contributed by atoms with Gasteiger partial charge in [-0.2, -0.15) is 0 Å². The molecule has 0 radical (unpaired) electrons. The van der Waals surface area contributed by atoms with Gasteiger partial charge in [0.25, 0.3) is 0 Å². The number of nitrogens with zero attached hydrogens (tertiary/aromatic N) is 1. The molecule has 0 amide bonds. The molecular weight excluding hydrogens is 369 g/mol. The van der Waals surface area contributed by atoms with Crippen molar-refractivity contribution >= 4 is 38.4 Å². The van der Waals surface area contributed by atoms with Gasteiger partial charge >= 0.3 is 0 Å². The van der Waals surface area contributed by atoms with Crippen LogP contribution < -0.4 is 4.74 Å². The van der Waals surface area contributed by atoms with E-state index in [1.807, 2.05) is 30.3 Å². The smallest absolute Gasteiger partial charge is 0.165 e. The second-order valence-corrected chi connectivity index (χ2v) is 6.19. The molecule has 0 aliphatic carbocycles. The number of halogens is 3. The van der Waals surface area contributed by atoms with Gasteiger partial charge in [0.2, 0.25) is 0 Å². The SMILES string of the molecule is COc1ccc(Cc2cc3cc(Br)ccc3nc2Cl)cc1F. The molecule has 0 unspecified atom stereocenters. The molecule has 3 rings (SSSR count). The number of pyridine rings is 1. The minimum atomic E-state index is -0.382. The summed E-state index contributed by atoms with van der Waals surface area (Å²) < 4.78 is 19.7. The topological polar surface area (TPSA) is 22.1 Å². The molecule has 0 saturated heterocycles. The van der Waals surface area contributed by atoms with E-state index in [-0.39, 0.29) is 11.6 Å². The van der Waals surface area contributed by atoms with Gasteiger partial charge in [-0.15, -0.1) is 0 Å². The monoisotopic (exact) mass is 379 g/mol. The number of benzene rings is 2. The van der Waals surface area contributed by atoms with Crippen LogP contribution in [-0.2, 0) is 6.42 Å². The highest BCUT2D eigenvalue weighted by Gasteiger charge is 2.09. The van der Waals surface area contributed by atoms with Gasteiger partial charge < -0.3 is 4.74 Å². The zero-order valence-corrected chi connectivity index (χ0v) is 14.1. The molecule has 0 aliphatic rings. The number of rotatable bonds is 3. The van der Waals surface area contributed by atoms with E-state index >= 15 is 0 Å². The van der Waals surface area contributed by atoms with Crippen molar-refractivity contribution < 1.29 is 9.13 Å². The first-order valence-electron chi connectivity index (χ1n) is 6.64. The molecule has 0 atom stereocenters. The average molecular weight is 381 g/mol. The fraction of sp³-hybridized carbons (Fsp3) is 0.118. The Bertz CT molecular complexity index is 853. The quantitative estimate of drug-likeness (QED) is 0.568. The van der Waals surface area contributed by atoms with E-state index in [0.29, 0.717) is 11.6 Å². The van der Waals surface area contributed by atoms with Crippen LogP contribution in [0.1, 0.15) is 11.1 Å². The molecule has 2 nitrogen and oxygen atoms in total. The van der Waals surface area contributed by atoms with Gasteiger partial charge in [-0.05, 0) is 47.5 Å². The third-order valence-electron chi connectivity index (χ3n) is 3.41. The van der Waals surface area contributed by atoms with Gasteiger partial charge in [-0.25, -0.2) is 9.37 Å². The molecule has 3 aromatic rings. The number of ether oxygens (including phenoxy) is 1. The fourth-order valence-corrected chi connectivity index (χ4v) is 2.92. The van der Waals surface area contributed by atoms with Crippen LogP contribution >= 0.6 is 27.5 Å². The van der Waals surface area contributed by atoms with Crippen LogP contribution in [0.3, 0.4) is 0 Å². The molecular formula is C17H12BrClFNO. The van der Waals surface area contributed by atoms with Crippen LogP contribution in [-0.4, -0.2) is 12.1 Å². The lowest BCUT2D eigenvalue weighted by molar-refractivity contribution is 0.386. The van der Waals surface area contributed by atoms with Gasteiger partial charge in [0.15, 0.2) is 11.6 Å². The average Bonchev–Trinajstić information content (AvgIpc) is 2.49. The summed E-state index contributed by atoms with van der Waals surface area (Å²) >= 11 is 9.69. The molecule has 5 heteroatoms. The van der Waals surface area contributed by atoms with Crippen molar-refractivity contribution in [3.8, 4) is 5.75 Å².